The van der Waals surface area contributed by atoms with Crippen LogP contribution in [0, 0.1) is 6.92 Å². The summed E-state index contributed by atoms with van der Waals surface area (Å²) in [5.41, 5.74) is 14.3. The quantitative estimate of drug-likeness (QED) is 0.817. The Balaban J connectivity index is 2.00. The highest BCUT2D eigenvalue weighted by atomic mass is 16.1. The van der Waals surface area contributed by atoms with Crippen LogP contribution in [0.4, 0.5) is 5.82 Å². The second-order valence-corrected chi connectivity index (χ2v) is 4.92. The summed E-state index contributed by atoms with van der Waals surface area (Å²) < 4.78 is 0. The van der Waals surface area contributed by atoms with Gasteiger partial charge >= 0.3 is 0 Å². The third-order valence-electron chi connectivity index (χ3n) is 3.27. The number of carbonyl (C=O) groups is 1. The van der Waals surface area contributed by atoms with Crippen LogP contribution in [0.3, 0.4) is 0 Å². The van der Waals surface area contributed by atoms with Crippen LogP contribution in [0.2, 0.25) is 0 Å². The molecular weight excluding hydrogens is 250 g/mol. The largest absolute Gasteiger partial charge is 0.383 e. The molecule has 1 heterocycles. The first kappa shape index (κ1) is 14.2. The molecule has 0 bridgehead atoms. The molecule has 20 heavy (non-hydrogen) atoms. The number of ketones is 1. The summed E-state index contributed by atoms with van der Waals surface area (Å²) in [5, 5.41) is 0. The summed E-state index contributed by atoms with van der Waals surface area (Å²) in [6.45, 7) is 1.89. The molecule has 1 atom stereocenters. The Morgan fingerprint density at radius 1 is 1.30 bits per heavy atom. The summed E-state index contributed by atoms with van der Waals surface area (Å²) in [6.07, 6.45) is 2.61. The van der Waals surface area contributed by atoms with E-state index >= 15 is 0 Å². The standard InChI is InChI=1S/C16H19N3O/c1-11-9-13(16(18)19-10-11)15(20)8-7-14(17)12-5-3-2-4-6-12/h2-6,9-10,14H,7-8,17H2,1H3,(H2,18,19). The van der Waals surface area contributed by atoms with E-state index in [0.29, 0.717) is 18.4 Å². The molecule has 0 aliphatic rings. The maximum absolute atomic E-state index is 12.2. The Hall–Kier alpha value is -2.20. The van der Waals surface area contributed by atoms with Gasteiger partial charge in [-0.3, -0.25) is 4.79 Å². The SMILES string of the molecule is Cc1cnc(N)c(C(=O)CCC(N)c2ccccc2)c1. The van der Waals surface area contributed by atoms with Gasteiger partial charge in [0.1, 0.15) is 5.82 Å². The number of aromatic nitrogens is 1. The van der Waals surface area contributed by atoms with Crippen molar-refractivity contribution < 1.29 is 4.79 Å². The minimum absolute atomic E-state index is 0.00918. The van der Waals surface area contributed by atoms with E-state index in [4.69, 9.17) is 11.5 Å². The molecule has 0 aliphatic heterocycles. The van der Waals surface area contributed by atoms with Crippen LogP contribution < -0.4 is 11.5 Å². The molecule has 0 radical (unpaired) electrons. The number of anilines is 1. The van der Waals surface area contributed by atoms with Gasteiger partial charge in [-0.15, -0.1) is 0 Å². The summed E-state index contributed by atoms with van der Waals surface area (Å²) in [7, 11) is 0. The lowest BCUT2D eigenvalue weighted by molar-refractivity contribution is 0.0978. The van der Waals surface area contributed by atoms with E-state index in [0.717, 1.165) is 11.1 Å². The van der Waals surface area contributed by atoms with E-state index in [1.165, 1.54) is 0 Å². The summed E-state index contributed by atoms with van der Waals surface area (Å²) in [5.74, 6) is 0.277. The van der Waals surface area contributed by atoms with Gasteiger partial charge in [-0.1, -0.05) is 30.3 Å². The zero-order valence-corrected chi connectivity index (χ0v) is 11.5. The lowest BCUT2D eigenvalue weighted by Crippen LogP contribution is -2.13. The number of hydrogen-bond acceptors (Lipinski definition) is 4. The van der Waals surface area contributed by atoms with Crippen LogP contribution in [0.1, 0.15) is 40.4 Å². The highest BCUT2D eigenvalue weighted by Crippen LogP contribution is 2.19. The number of pyridine rings is 1. The van der Waals surface area contributed by atoms with E-state index in [1.54, 1.807) is 12.3 Å². The van der Waals surface area contributed by atoms with E-state index in [2.05, 4.69) is 4.98 Å². The van der Waals surface area contributed by atoms with Crippen molar-refractivity contribution in [3.8, 4) is 0 Å². The minimum atomic E-state index is -0.140. The van der Waals surface area contributed by atoms with Gasteiger partial charge in [0.15, 0.2) is 5.78 Å². The molecule has 0 spiro atoms. The van der Waals surface area contributed by atoms with Crippen molar-refractivity contribution >= 4 is 11.6 Å². The van der Waals surface area contributed by atoms with Crippen molar-refractivity contribution in [3.05, 3.63) is 59.3 Å². The fraction of sp³-hybridized carbons (Fsp3) is 0.250. The number of rotatable bonds is 5. The van der Waals surface area contributed by atoms with E-state index in [9.17, 15) is 4.79 Å². The minimum Gasteiger partial charge on any atom is -0.383 e. The van der Waals surface area contributed by atoms with Crippen LogP contribution >= 0.6 is 0 Å². The second-order valence-electron chi connectivity index (χ2n) is 4.92. The molecule has 1 aromatic carbocycles. The monoisotopic (exact) mass is 269 g/mol. The number of nitrogen functional groups attached to an aromatic ring is 1. The van der Waals surface area contributed by atoms with Crippen molar-refractivity contribution in [2.75, 3.05) is 5.73 Å². The van der Waals surface area contributed by atoms with Crippen LogP contribution in [-0.4, -0.2) is 10.8 Å². The first-order valence-corrected chi connectivity index (χ1v) is 6.64. The molecule has 2 rings (SSSR count). The Labute approximate surface area is 118 Å². The third kappa shape index (κ3) is 3.42. The number of carbonyl (C=O) groups excluding carboxylic acids is 1. The normalized spacial score (nSPS) is 12.1. The Morgan fingerprint density at radius 3 is 2.70 bits per heavy atom. The van der Waals surface area contributed by atoms with Crippen molar-refractivity contribution in [2.45, 2.75) is 25.8 Å². The molecule has 2 aromatic rings. The van der Waals surface area contributed by atoms with Gasteiger partial charge < -0.3 is 11.5 Å². The highest BCUT2D eigenvalue weighted by molar-refractivity contribution is 6.00. The number of hydrogen-bond donors (Lipinski definition) is 2. The smallest absolute Gasteiger partial charge is 0.166 e. The van der Waals surface area contributed by atoms with Crippen molar-refractivity contribution in [3.63, 3.8) is 0 Å². The number of nitrogens with two attached hydrogens (primary N) is 2. The third-order valence-corrected chi connectivity index (χ3v) is 3.27. The maximum Gasteiger partial charge on any atom is 0.166 e. The topological polar surface area (TPSA) is 82.0 Å². The van der Waals surface area contributed by atoms with E-state index < -0.39 is 0 Å². The number of nitrogens with zero attached hydrogens (tertiary/aromatic N) is 1. The molecule has 0 saturated carbocycles. The highest BCUT2D eigenvalue weighted by Gasteiger charge is 2.13. The van der Waals surface area contributed by atoms with Gasteiger partial charge in [0.2, 0.25) is 0 Å². The maximum atomic E-state index is 12.2. The summed E-state index contributed by atoms with van der Waals surface area (Å²) >= 11 is 0. The van der Waals surface area contributed by atoms with E-state index in [-0.39, 0.29) is 17.6 Å². The molecule has 0 saturated heterocycles. The average Bonchev–Trinajstić information content (AvgIpc) is 2.47. The van der Waals surface area contributed by atoms with Crippen LogP contribution in [-0.2, 0) is 0 Å². The lowest BCUT2D eigenvalue weighted by atomic mass is 9.99. The molecule has 0 fully saturated rings. The molecule has 4 N–H and O–H groups in total. The fourth-order valence-electron chi connectivity index (χ4n) is 2.09. The molecule has 4 heteroatoms. The summed E-state index contributed by atoms with van der Waals surface area (Å²) in [4.78, 5) is 16.2. The second kappa shape index (κ2) is 6.30. The lowest BCUT2D eigenvalue weighted by Gasteiger charge is -2.11. The molecule has 4 nitrogen and oxygen atoms in total. The first-order chi connectivity index (χ1) is 9.58. The van der Waals surface area contributed by atoms with Gasteiger partial charge in [-0.2, -0.15) is 0 Å². The predicted molar refractivity (Wildman–Crippen MR) is 80.3 cm³/mol. The predicted octanol–water partition coefficient (Wildman–Crippen LogP) is 2.64. The van der Waals surface area contributed by atoms with Gasteiger partial charge in [-0.05, 0) is 30.5 Å². The van der Waals surface area contributed by atoms with Gasteiger partial charge in [0.05, 0.1) is 5.56 Å². The molecule has 1 unspecified atom stereocenters. The van der Waals surface area contributed by atoms with Crippen LogP contribution in [0.25, 0.3) is 0 Å². The van der Waals surface area contributed by atoms with Crippen LogP contribution in [0.5, 0.6) is 0 Å². The van der Waals surface area contributed by atoms with Gasteiger partial charge in [0.25, 0.3) is 0 Å². The fourth-order valence-corrected chi connectivity index (χ4v) is 2.09. The zero-order valence-electron chi connectivity index (χ0n) is 11.5. The zero-order chi connectivity index (χ0) is 14.5. The molecule has 0 aliphatic carbocycles. The van der Waals surface area contributed by atoms with Crippen molar-refractivity contribution in [1.82, 2.24) is 4.98 Å². The summed E-state index contributed by atoms with van der Waals surface area (Å²) in [6, 6.07) is 11.4. The molecule has 104 valence electrons. The molecule has 0 amide bonds. The van der Waals surface area contributed by atoms with Crippen molar-refractivity contribution in [2.24, 2.45) is 5.73 Å². The number of Topliss-reactive ketones (excluding diaryl/α,β-unsaturated/α-hetero) is 1. The number of benzene rings is 1. The Morgan fingerprint density at radius 2 is 2.00 bits per heavy atom. The Kier molecular flexibility index (Phi) is 4.48. The Bertz CT molecular complexity index is 596. The first-order valence-electron chi connectivity index (χ1n) is 6.64. The molecule has 1 aromatic heterocycles. The van der Waals surface area contributed by atoms with Crippen LogP contribution in [0.15, 0.2) is 42.6 Å². The van der Waals surface area contributed by atoms with Crippen molar-refractivity contribution in [1.29, 1.82) is 0 Å². The van der Waals surface area contributed by atoms with Gasteiger partial charge in [0, 0.05) is 18.7 Å². The number of aryl methyl sites for hydroxylation is 1. The molecular formula is C16H19N3O. The van der Waals surface area contributed by atoms with E-state index in [1.807, 2.05) is 37.3 Å². The average molecular weight is 269 g/mol. The van der Waals surface area contributed by atoms with Gasteiger partial charge in [-0.25, -0.2) is 4.98 Å².